The van der Waals surface area contributed by atoms with Crippen molar-refractivity contribution in [3.05, 3.63) is 42.3 Å². The molecule has 0 saturated heterocycles. The molecule has 1 aromatic carbocycles. The number of hydrogen-bond donors (Lipinski definition) is 0. The van der Waals surface area contributed by atoms with Crippen LogP contribution in [-0.2, 0) is 28.9 Å². The summed E-state index contributed by atoms with van der Waals surface area (Å²) in [7, 11) is 0. The summed E-state index contributed by atoms with van der Waals surface area (Å²) in [5.74, 6) is 0. The molecule has 0 saturated carbocycles. The van der Waals surface area contributed by atoms with Gasteiger partial charge >= 0.3 is 36.1 Å². The number of alkyl halides is 3. The van der Waals surface area contributed by atoms with E-state index >= 15 is 0 Å². The molecule has 0 spiro atoms. The molecular weight excluding hydrogens is 310 g/mol. The van der Waals surface area contributed by atoms with Crippen LogP contribution in [0.15, 0.2) is 24.3 Å². The van der Waals surface area contributed by atoms with Crippen molar-refractivity contribution in [2.45, 2.75) is 12.6 Å². The fourth-order valence-corrected chi connectivity index (χ4v) is 1.01. The molecule has 1 aromatic rings. The molecule has 74 valence electrons. The number of halogens is 4. The van der Waals surface area contributed by atoms with Gasteiger partial charge in [0.2, 0.25) is 0 Å². The molecule has 0 amide bonds. The van der Waals surface area contributed by atoms with Crippen molar-refractivity contribution in [1.82, 2.24) is 0 Å². The van der Waals surface area contributed by atoms with E-state index in [1.807, 2.05) is 0 Å². The van der Waals surface area contributed by atoms with Crippen LogP contribution < -0.4 is 0 Å². The zero-order valence-corrected chi connectivity index (χ0v) is 12.0. The maximum atomic E-state index is 12.2. The van der Waals surface area contributed by atoms with Crippen molar-refractivity contribution in [3.8, 4) is 0 Å². The van der Waals surface area contributed by atoms with Crippen LogP contribution in [0, 0.1) is 6.92 Å². The summed E-state index contributed by atoms with van der Waals surface area (Å²) in [6.07, 6.45) is -4.09. The Kier molecular flexibility index (Phi) is 6.62. The molecule has 5 heteroatoms. The summed E-state index contributed by atoms with van der Waals surface area (Å²) in [6.45, 7) is 3.43. The summed E-state index contributed by atoms with van der Waals surface area (Å²) in [5, 5.41) is 0. The van der Waals surface area contributed by atoms with E-state index < -0.39 is 11.7 Å². The van der Waals surface area contributed by atoms with E-state index in [4.69, 9.17) is 0 Å². The second kappa shape index (κ2) is 6.57. The third-order valence-corrected chi connectivity index (χ3v) is 1.59. The van der Waals surface area contributed by atoms with Crippen molar-refractivity contribution >= 4 is 13.6 Å². The van der Waals surface area contributed by atoms with Gasteiger partial charge in [-0.05, 0) is 6.07 Å². The molecule has 0 heterocycles. The Morgan fingerprint density at radius 1 is 1.21 bits per heavy atom. The Balaban J connectivity index is 0.000000791. The molecule has 0 aliphatic rings. The van der Waals surface area contributed by atoms with Gasteiger partial charge in [-0.3, -0.25) is 0 Å². The van der Waals surface area contributed by atoms with Crippen molar-refractivity contribution in [3.63, 3.8) is 0 Å². The van der Waals surface area contributed by atoms with E-state index in [0.29, 0.717) is 0 Å². The molecular formula is C9H8BrF3Zn. The van der Waals surface area contributed by atoms with Gasteiger partial charge in [-0.1, -0.05) is 23.8 Å². The predicted molar refractivity (Wildman–Crippen MR) is 49.4 cm³/mol. The first-order valence-corrected chi connectivity index (χ1v) is 10.7. The van der Waals surface area contributed by atoms with Gasteiger partial charge < -0.3 is 6.92 Å². The molecule has 0 radical (unpaired) electrons. The minimum atomic E-state index is -4.26. The molecule has 0 bridgehead atoms. The normalized spacial score (nSPS) is 10.5. The Hall–Kier alpha value is 0.113. The SMILES string of the molecule is [CH2-]Cc1ccccc1C(F)(F)F.[Zn+][Br]. The Labute approximate surface area is 97.9 Å². The molecule has 0 aromatic heterocycles. The van der Waals surface area contributed by atoms with Gasteiger partial charge in [-0.25, -0.2) is 0 Å². The second-order valence-electron chi connectivity index (χ2n) is 2.40. The van der Waals surface area contributed by atoms with Crippen molar-refractivity contribution < 1.29 is 29.5 Å². The molecule has 0 aliphatic carbocycles. The Morgan fingerprint density at radius 3 is 2.07 bits per heavy atom. The van der Waals surface area contributed by atoms with Crippen molar-refractivity contribution in [2.75, 3.05) is 0 Å². The summed E-state index contributed by atoms with van der Waals surface area (Å²) in [6, 6.07) is 5.47. The monoisotopic (exact) mass is 316 g/mol. The molecule has 14 heavy (non-hydrogen) atoms. The van der Waals surface area contributed by atoms with E-state index in [-0.39, 0.29) is 12.0 Å². The quantitative estimate of drug-likeness (QED) is 0.544. The van der Waals surface area contributed by atoms with Crippen LogP contribution in [0.1, 0.15) is 11.1 Å². The standard InChI is InChI=1S/C9H8F3.BrH.Zn/c1-2-7-5-3-4-6-8(7)9(10,11)12;;/h3-6H,1-2H2;1H;/q-1;;+2/p-1. The molecule has 0 N–H and O–H groups in total. The van der Waals surface area contributed by atoms with Crippen LogP contribution >= 0.6 is 13.6 Å². The summed E-state index contributed by atoms with van der Waals surface area (Å²) < 4.78 is 36.6. The fraction of sp³-hybridized carbons (Fsp3) is 0.222. The number of benzene rings is 1. The number of rotatable bonds is 1. The third-order valence-electron chi connectivity index (χ3n) is 1.59. The van der Waals surface area contributed by atoms with Crippen molar-refractivity contribution in [2.24, 2.45) is 0 Å². The van der Waals surface area contributed by atoms with Crippen LogP contribution in [-0.4, -0.2) is 0 Å². The van der Waals surface area contributed by atoms with Gasteiger partial charge in [0, 0.05) is 0 Å². The van der Waals surface area contributed by atoms with Gasteiger partial charge in [-0.2, -0.15) is 19.6 Å². The van der Waals surface area contributed by atoms with E-state index in [9.17, 15) is 13.2 Å². The van der Waals surface area contributed by atoms with Gasteiger partial charge in [0.05, 0.1) is 5.56 Å². The first-order valence-electron chi connectivity index (χ1n) is 3.77. The first kappa shape index (κ1) is 14.1. The van der Waals surface area contributed by atoms with Crippen LogP contribution in [0.5, 0.6) is 0 Å². The molecule has 0 nitrogen and oxygen atoms in total. The second-order valence-corrected chi connectivity index (χ2v) is 2.40. The van der Waals surface area contributed by atoms with Gasteiger partial charge in [0.1, 0.15) is 0 Å². The molecule has 1 rings (SSSR count). The summed E-state index contributed by atoms with van der Waals surface area (Å²) in [5.41, 5.74) is -0.343. The first-order chi connectivity index (χ1) is 6.55. The van der Waals surface area contributed by atoms with Gasteiger partial charge in [0.25, 0.3) is 0 Å². The van der Waals surface area contributed by atoms with Crippen LogP contribution in [0.2, 0.25) is 0 Å². The zero-order chi connectivity index (χ0) is 11.2. The Morgan fingerprint density at radius 2 is 1.71 bits per heavy atom. The van der Waals surface area contributed by atoms with E-state index in [2.05, 4.69) is 20.5 Å². The predicted octanol–water partition coefficient (Wildman–Crippen LogP) is 3.93. The average molecular weight is 318 g/mol. The van der Waals surface area contributed by atoms with E-state index in [1.54, 1.807) is 6.07 Å². The summed E-state index contributed by atoms with van der Waals surface area (Å²) in [4.78, 5) is 0. The van der Waals surface area contributed by atoms with E-state index in [0.717, 1.165) is 6.07 Å². The Bertz CT molecular complexity index is 273. The number of hydrogen-bond acceptors (Lipinski definition) is 0. The average Bonchev–Trinajstić information content (AvgIpc) is 2.19. The molecule has 0 atom stereocenters. The minimum absolute atomic E-state index is 0.162. The molecule has 0 aliphatic heterocycles. The molecule has 0 fully saturated rings. The van der Waals surface area contributed by atoms with Crippen LogP contribution in [0.25, 0.3) is 0 Å². The maximum absolute atomic E-state index is 12.2. The van der Waals surface area contributed by atoms with Gasteiger partial charge in [0.15, 0.2) is 0 Å². The summed E-state index contributed by atoms with van der Waals surface area (Å²) >= 11 is 4.25. The van der Waals surface area contributed by atoms with E-state index in [1.165, 1.54) is 28.5 Å². The van der Waals surface area contributed by atoms with Crippen LogP contribution in [0.4, 0.5) is 13.2 Å². The van der Waals surface area contributed by atoms with Crippen LogP contribution in [0.3, 0.4) is 0 Å². The van der Waals surface area contributed by atoms with Crippen molar-refractivity contribution in [1.29, 1.82) is 0 Å². The third kappa shape index (κ3) is 4.10. The molecule has 0 unspecified atom stereocenters. The fourth-order valence-electron chi connectivity index (χ4n) is 1.01. The zero-order valence-electron chi connectivity index (χ0n) is 7.44. The topological polar surface area (TPSA) is 0 Å². The van der Waals surface area contributed by atoms with Gasteiger partial charge in [-0.15, -0.1) is 0 Å².